The highest BCUT2D eigenvalue weighted by molar-refractivity contribution is 8.00. The van der Waals surface area contributed by atoms with Gasteiger partial charge in [-0.25, -0.2) is 4.98 Å². The van der Waals surface area contributed by atoms with Gasteiger partial charge in [-0.1, -0.05) is 37.2 Å². The van der Waals surface area contributed by atoms with Crippen LogP contribution in [0, 0.1) is 0 Å². The summed E-state index contributed by atoms with van der Waals surface area (Å²) in [7, 11) is 0. The molecule has 2 aromatic rings. The molecule has 0 aliphatic heterocycles. The van der Waals surface area contributed by atoms with Crippen molar-refractivity contribution in [2.75, 3.05) is 0 Å². The molecule has 2 rings (SSSR count). The van der Waals surface area contributed by atoms with E-state index in [1.54, 1.807) is 10.6 Å². The average Bonchev–Trinajstić information content (AvgIpc) is 2.53. The molecule has 1 unspecified atom stereocenters. The summed E-state index contributed by atoms with van der Waals surface area (Å²) >= 11 is 1.34. The molecule has 0 spiro atoms. The topological polar surface area (TPSA) is 64.0 Å². The van der Waals surface area contributed by atoms with Crippen molar-refractivity contribution >= 4 is 28.6 Å². The van der Waals surface area contributed by atoms with Crippen molar-refractivity contribution in [1.29, 1.82) is 0 Å². The predicted molar refractivity (Wildman–Crippen MR) is 104 cm³/mol. The standard InChI is InChI=1S/C19H27N3O2S/c1-6-7-12-22-17(24)14-10-8-9-11-15(14)20-18(22)25-13(2)16(23)21-19(3,4)5/h8-11,13H,6-7,12H2,1-5H3,(H,21,23). The number of nitrogens with zero attached hydrogens (tertiary/aromatic N) is 2. The summed E-state index contributed by atoms with van der Waals surface area (Å²) in [5, 5.41) is 3.87. The van der Waals surface area contributed by atoms with Gasteiger partial charge in [0.05, 0.1) is 16.2 Å². The minimum atomic E-state index is -0.333. The van der Waals surface area contributed by atoms with Crippen molar-refractivity contribution in [3.05, 3.63) is 34.6 Å². The maximum absolute atomic E-state index is 12.8. The van der Waals surface area contributed by atoms with Crippen LogP contribution in [-0.4, -0.2) is 26.2 Å². The Bertz CT molecular complexity index is 808. The minimum absolute atomic E-state index is 0.0371. The van der Waals surface area contributed by atoms with Gasteiger partial charge in [0.25, 0.3) is 5.56 Å². The Balaban J connectivity index is 2.38. The van der Waals surface area contributed by atoms with Gasteiger partial charge in [0.15, 0.2) is 5.16 Å². The number of para-hydroxylation sites is 1. The van der Waals surface area contributed by atoms with Crippen LogP contribution in [0.3, 0.4) is 0 Å². The van der Waals surface area contributed by atoms with Crippen LogP contribution in [0.1, 0.15) is 47.5 Å². The van der Waals surface area contributed by atoms with E-state index in [9.17, 15) is 9.59 Å². The second kappa shape index (κ2) is 8.04. The molecule has 0 aliphatic rings. The summed E-state index contributed by atoms with van der Waals surface area (Å²) in [5.41, 5.74) is 0.348. The van der Waals surface area contributed by atoms with E-state index in [4.69, 9.17) is 0 Å². The van der Waals surface area contributed by atoms with E-state index >= 15 is 0 Å². The maximum Gasteiger partial charge on any atom is 0.262 e. The number of nitrogens with one attached hydrogen (secondary N) is 1. The lowest BCUT2D eigenvalue weighted by molar-refractivity contribution is -0.121. The molecule has 1 aromatic heterocycles. The molecule has 1 aromatic carbocycles. The SMILES string of the molecule is CCCCn1c(SC(C)C(=O)NC(C)(C)C)nc2ccccc2c1=O. The van der Waals surface area contributed by atoms with Gasteiger partial charge in [-0.05, 0) is 46.2 Å². The van der Waals surface area contributed by atoms with E-state index in [1.165, 1.54) is 11.8 Å². The molecule has 0 aliphatic carbocycles. The zero-order valence-corrected chi connectivity index (χ0v) is 16.4. The highest BCUT2D eigenvalue weighted by Gasteiger charge is 2.22. The molecule has 1 amide bonds. The Labute approximate surface area is 153 Å². The van der Waals surface area contributed by atoms with E-state index in [0.717, 1.165) is 12.8 Å². The normalized spacial score (nSPS) is 13.0. The number of carbonyl (C=O) groups is 1. The lowest BCUT2D eigenvalue weighted by atomic mass is 10.1. The van der Waals surface area contributed by atoms with Gasteiger partial charge < -0.3 is 5.32 Å². The van der Waals surface area contributed by atoms with E-state index in [0.29, 0.717) is 22.6 Å². The largest absolute Gasteiger partial charge is 0.351 e. The smallest absolute Gasteiger partial charge is 0.262 e. The molecular weight excluding hydrogens is 334 g/mol. The van der Waals surface area contributed by atoms with Crippen LogP contribution in [0.25, 0.3) is 10.9 Å². The third-order valence-corrected chi connectivity index (χ3v) is 4.80. The molecular formula is C19H27N3O2S. The van der Waals surface area contributed by atoms with Gasteiger partial charge in [0.2, 0.25) is 5.91 Å². The molecule has 0 saturated carbocycles. The number of benzene rings is 1. The Morgan fingerprint density at radius 3 is 2.64 bits per heavy atom. The number of hydrogen-bond acceptors (Lipinski definition) is 4. The molecule has 1 atom stereocenters. The molecule has 6 heteroatoms. The first-order valence-electron chi connectivity index (χ1n) is 8.71. The van der Waals surface area contributed by atoms with Crippen molar-refractivity contribution in [1.82, 2.24) is 14.9 Å². The van der Waals surface area contributed by atoms with E-state index < -0.39 is 0 Å². The monoisotopic (exact) mass is 361 g/mol. The van der Waals surface area contributed by atoms with E-state index in [-0.39, 0.29) is 22.3 Å². The Morgan fingerprint density at radius 1 is 1.32 bits per heavy atom. The van der Waals surface area contributed by atoms with Gasteiger partial charge in [0.1, 0.15) is 0 Å². The average molecular weight is 362 g/mol. The number of amides is 1. The fourth-order valence-electron chi connectivity index (χ4n) is 2.43. The first-order valence-corrected chi connectivity index (χ1v) is 9.59. The third-order valence-electron chi connectivity index (χ3n) is 3.71. The van der Waals surface area contributed by atoms with Gasteiger partial charge in [-0.3, -0.25) is 14.2 Å². The van der Waals surface area contributed by atoms with Crippen molar-refractivity contribution in [2.24, 2.45) is 0 Å². The molecule has 5 nitrogen and oxygen atoms in total. The quantitative estimate of drug-likeness (QED) is 0.631. The van der Waals surface area contributed by atoms with Gasteiger partial charge in [-0.15, -0.1) is 0 Å². The summed E-state index contributed by atoms with van der Waals surface area (Å²) in [4.78, 5) is 29.9. The zero-order chi connectivity index (χ0) is 18.6. The lowest BCUT2D eigenvalue weighted by Gasteiger charge is -2.23. The van der Waals surface area contributed by atoms with Crippen molar-refractivity contribution in [3.63, 3.8) is 0 Å². The third kappa shape index (κ3) is 5.08. The number of hydrogen-bond donors (Lipinski definition) is 1. The van der Waals surface area contributed by atoms with Crippen LogP contribution < -0.4 is 10.9 Å². The first kappa shape index (κ1) is 19.5. The van der Waals surface area contributed by atoms with Gasteiger partial charge >= 0.3 is 0 Å². The van der Waals surface area contributed by atoms with Crippen LogP contribution in [0.15, 0.2) is 34.2 Å². The molecule has 0 fully saturated rings. The van der Waals surface area contributed by atoms with Crippen molar-refractivity contribution in [3.8, 4) is 0 Å². The first-order chi connectivity index (χ1) is 11.7. The number of thioether (sulfide) groups is 1. The summed E-state index contributed by atoms with van der Waals surface area (Å²) in [6, 6.07) is 7.36. The second-order valence-electron chi connectivity index (χ2n) is 7.22. The highest BCUT2D eigenvalue weighted by atomic mass is 32.2. The predicted octanol–water partition coefficient (Wildman–Crippen LogP) is 3.59. The zero-order valence-electron chi connectivity index (χ0n) is 15.6. The minimum Gasteiger partial charge on any atom is -0.351 e. The van der Waals surface area contributed by atoms with Crippen LogP contribution in [0.4, 0.5) is 0 Å². The number of rotatable bonds is 6. The number of carbonyl (C=O) groups excluding carboxylic acids is 1. The highest BCUT2D eigenvalue weighted by Crippen LogP contribution is 2.23. The van der Waals surface area contributed by atoms with Gasteiger partial charge in [0, 0.05) is 12.1 Å². The molecule has 25 heavy (non-hydrogen) atoms. The van der Waals surface area contributed by atoms with Crippen LogP contribution in [0.5, 0.6) is 0 Å². The number of fused-ring (bicyclic) bond motifs is 1. The van der Waals surface area contributed by atoms with Crippen molar-refractivity contribution < 1.29 is 4.79 Å². The number of unbranched alkanes of at least 4 members (excludes halogenated alkanes) is 1. The maximum atomic E-state index is 12.8. The Morgan fingerprint density at radius 2 is 2.00 bits per heavy atom. The number of aromatic nitrogens is 2. The Hall–Kier alpha value is -1.82. The van der Waals surface area contributed by atoms with Gasteiger partial charge in [-0.2, -0.15) is 0 Å². The second-order valence-corrected chi connectivity index (χ2v) is 8.53. The molecule has 0 bridgehead atoms. The molecule has 136 valence electrons. The summed E-state index contributed by atoms with van der Waals surface area (Å²) in [6.45, 7) is 10.4. The van der Waals surface area contributed by atoms with E-state index in [2.05, 4.69) is 17.2 Å². The molecule has 1 heterocycles. The van der Waals surface area contributed by atoms with Crippen LogP contribution in [0.2, 0.25) is 0 Å². The Kier molecular flexibility index (Phi) is 6.27. The molecule has 0 radical (unpaired) electrons. The van der Waals surface area contributed by atoms with Crippen molar-refractivity contribution in [2.45, 2.75) is 70.0 Å². The van der Waals surface area contributed by atoms with Crippen LogP contribution >= 0.6 is 11.8 Å². The lowest BCUT2D eigenvalue weighted by Crippen LogP contribution is -2.44. The summed E-state index contributed by atoms with van der Waals surface area (Å²) in [6.07, 6.45) is 1.89. The van der Waals surface area contributed by atoms with Crippen LogP contribution in [-0.2, 0) is 11.3 Å². The van der Waals surface area contributed by atoms with E-state index in [1.807, 2.05) is 45.9 Å². The fraction of sp³-hybridized carbons (Fsp3) is 0.526. The molecule has 0 saturated heterocycles. The summed E-state index contributed by atoms with van der Waals surface area (Å²) in [5.74, 6) is -0.0538. The summed E-state index contributed by atoms with van der Waals surface area (Å²) < 4.78 is 1.71. The fourth-order valence-corrected chi connectivity index (χ4v) is 3.37. The molecule has 1 N–H and O–H groups in total.